The topological polar surface area (TPSA) is 66.4 Å². The third-order valence-corrected chi connectivity index (χ3v) is 5.49. The Kier molecular flexibility index (Phi) is 4.36. The molecule has 0 heterocycles. The zero-order valence-corrected chi connectivity index (χ0v) is 10.4. The molecule has 0 bridgehead atoms. The van der Waals surface area contributed by atoms with Crippen LogP contribution in [0.4, 0.5) is 0 Å². The summed E-state index contributed by atoms with van der Waals surface area (Å²) >= 11 is 2.91. The van der Waals surface area contributed by atoms with E-state index in [1.807, 2.05) is 0 Å². The second-order valence-corrected chi connectivity index (χ2v) is 7.02. The van der Waals surface area contributed by atoms with Crippen LogP contribution in [0.25, 0.3) is 0 Å². The molecule has 1 aliphatic rings. The Morgan fingerprint density at radius 3 is 2.36 bits per heavy atom. The Morgan fingerprint density at radius 2 is 1.93 bits per heavy atom. The van der Waals surface area contributed by atoms with Gasteiger partial charge in [-0.15, -0.1) is 0 Å². The van der Waals surface area contributed by atoms with Gasteiger partial charge in [0.05, 0.1) is 0 Å². The Hall–Kier alpha value is 0.350. The van der Waals surface area contributed by atoms with Crippen molar-refractivity contribution in [2.45, 2.75) is 25.7 Å². The summed E-state index contributed by atoms with van der Waals surface area (Å²) in [7, 11) is -3.20. The molecule has 0 spiro atoms. The average molecular weight is 286 g/mol. The van der Waals surface area contributed by atoms with Gasteiger partial charge < -0.3 is 5.11 Å². The van der Waals surface area contributed by atoms with Crippen molar-refractivity contribution in [3.05, 3.63) is 0 Å². The highest BCUT2D eigenvalue weighted by atomic mass is 79.9. The largest absolute Gasteiger partial charge is 0.396 e. The molecule has 4 nitrogen and oxygen atoms in total. The molecule has 0 atom stereocenters. The van der Waals surface area contributed by atoms with Crippen molar-refractivity contribution in [2.75, 3.05) is 17.8 Å². The van der Waals surface area contributed by atoms with Crippen LogP contribution in [0.1, 0.15) is 25.7 Å². The Morgan fingerprint density at radius 1 is 1.36 bits per heavy atom. The molecule has 0 radical (unpaired) electrons. The summed E-state index contributed by atoms with van der Waals surface area (Å²) in [6, 6.07) is 0. The molecular weight excluding hydrogens is 270 g/mol. The van der Waals surface area contributed by atoms with E-state index in [2.05, 4.69) is 20.7 Å². The van der Waals surface area contributed by atoms with Crippen molar-refractivity contribution < 1.29 is 13.5 Å². The first kappa shape index (κ1) is 12.4. The molecule has 0 aromatic rings. The number of hydrogen-bond acceptors (Lipinski definition) is 3. The molecule has 1 aliphatic carbocycles. The van der Waals surface area contributed by atoms with Gasteiger partial charge in [-0.3, -0.25) is 0 Å². The van der Waals surface area contributed by atoms with Gasteiger partial charge in [-0.05, 0) is 12.8 Å². The molecule has 0 aromatic carbocycles. The lowest BCUT2D eigenvalue weighted by Crippen LogP contribution is -2.38. The highest BCUT2D eigenvalue weighted by Gasteiger charge is 2.33. The van der Waals surface area contributed by atoms with Gasteiger partial charge in [-0.2, -0.15) is 0 Å². The molecule has 14 heavy (non-hydrogen) atoms. The second kappa shape index (κ2) is 4.92. The van der Waals surface area contributed by atoms with Gasteiger partial charge in [-0.1, -0.05) is 28.8 Å². The van der Waals surface area contributed by atoms with Crippen LogP contribution in [0.3, 0.4) is 0 Å². The zero-order chi connectivity index (χ0) is 10.7. The normalized spacial score (nSPS) is 21.3. The lowest BCUT2D eigenvalue weighted by molar-refractivity contribution is 0.134. The van der Waals surface area contributed by atoms with Gasteiger partial charge in [0, 0.05) is 18.6 Å². The van der Waals surface area contributed by atoms with Crippen LogP contribution < -0.4 is 4.72 Å². The molecule has 2 N–H and O–H groups in total. The lowest BCUT2D eigenvalue weighted by Gasteiger charge is -2.26. The van der Waals surface area contributed by atoms with E-state index in [9.17, 15) is 13.5 Å². The summed E-state index contributed by atoms with van der Waals surface area (Å²) in [5.41, 5.74) is -0.213. The van der Waals surface area contributed by atoms with Gasteiger partial charge in [0.25, 0.3) is 0 Å². The quantitative estimate of drug-likeness (QED) is 0.735. The van der Waals surface area contributed by atoms with Gasteiger partial charge >= 0.3 is 0 Å². The summed E-state index contributed by atoms with van der Waals surface area (Å²) in [5, 5.41) is 9.24. The molecule has 1 rings (SSSR count). The number of nitrogens with one attached hydrogen (secondary N) is 1. The van der Waals surface area contributed by atoms with Gasteiger partial charge in [0.15, 0.2) is 0 Å². The standard InChI is InChI=1S/C8H16BrNO3S/c9-7-14(12,13)10-5-8(6-11)3-1-2-4-8/h10-11H,1-7H2. The van der Waals surface area contributed by atoms with Crippen molar-refractivity contribution in [1.82, 2.24) is 4.72 Å². The molecule has 0 amide bonds. The summed E-state index contributed by atoms with van der Waals surface area (Å²) in [6.45, 7) is 0.426. The molecular formula is C8H16BrNO3S. The van der Waals surface area contributed by atoms with E-state index in [1.165, 1.54) is 0 Å². The molecule has 84 valence electrons. The minimum Gasteiger partial charge on any atom is -0.396 e. The smallest absolute Gasteiger partial charge is 0.221 e. The maximum Gasteiger partial charge on any atom is 0.221 e. The Labute approximate surface area is 93.3 Å². The summed E-state index contributed by atoms with van der Waals surface area (Å²) < 4.78 is 24.8. The predicted octanol–water partition coefficient (Wildman–Crippen LogP) is 0.811. The van der Waals surface area contributed by atoms with Gasteiger partial charge in [0.1, 0.15) is 4.66 Å². The van der Waals surface area contributed by atoms with E-state index in [1.54, 1.807) is 0 Å². The second-order valence-electron chi connectivity index (χ2n) is 3.91. The Bertz CT molecular complexity index is 272. The summed E-state index contributed by atoms with van der Waals surface area (Å²) in [6.07, 6.45) is 3.98. The van der Waals surface area contributed by atoms with Crippen molar-refractivity contribution in [1.29, 1.82) is 0 Å². The number of aliphatic hydroxyl groups excluding tert-OH is 1. The molecule has 0 aliphatic heterocycles. The van der Waals surface area contributed by atoms with E-state index in [-0.39, 0.29) is 16.7 Å². The SMILES string of the molecule is O=S(=O)(CBr)NCC1(CO)CCCC1. The third-order valence-electron chi connectivity index (χ3n) is 2.81. The number of aliphatic hydroxyl groups is 1. The van der Waals surface area contributed by atoms with Crippen LogP contribution in [0.5, 0.6) is 0 Å². The van der Waals surface area contributed by atoms with Gasteiger partial charge in [0.2, 0.25) is 10.0 Å². The van der Waals surface area contributed by atoms with Crippen LogP contribution in [0, 0.1) is 5.41 Å². The van der Waals surface area contributed by atoms with E-state index in [0.717, 1.165) is 25.7 Å². The molecule has 0 unspecified atom stereocenters. The zero-order valence-electron chi connectivity index (χ0n) is 8.00. The molecule has 0 aromatic heterocycles. The highest BCUT2D eigenvalue weighted by molar-refractivity contribution is 9.10. The predicted molar refractivity (Wildman–Crippen MR) is 58.7 cm³/mol. The van der Waals surface area contributed by atoms with Crippen molar-refractivity contribution in [2.24, 2.45) is 5.41 Å². The fourth-order valence-corrected chi connectivity index (χ4v) is 2.91. The first-order chi connectivity index (χ1) is 6.54. The fourth-order valence-electron chi connectivity index (χ4n) is 1.82. The summed E-state index contributed by atoms with van der Waals surface area (Å²) in [4.78, 5) is 0. The first-order valence-corrected chi connectivity index (χ1v) is 7.45. The van der Waals surface area contributed by atoms with Crippen LogP contribution in [-0.4, -0.2) is 31.3 Å². The van der Waals surface area contributed by atoms with Crippen LogP contribution in [-0.2, 0) is 10.0 Å². The number of rotatable bonds is 5. The van der Waals surface area contributed by atoms with E-state index in [4.69, 9.17) is 0 Å². The number of sulfonamides is 1. The monoisotopic (exact) mass is 285 g/mol. The van der Waals surface area contributed by atoms with Crippen molar-refractivity contribution >= 4 is 26.0 Å². The van der Waals surface area contributed by atoms with Crippen LogP contribution >= 0.6 is 15.9 Å². The average Bonchev–Trinajstić information content (AvgIpc) is 2.65. The minimum absolute atomic E-state index is 0.0673. The number of halogens is 1. The van der Waals surface area contributed by atoms with E-state index < -0.39 is 10.0 Å². The van der Waals surface area contributed by atoms with Crippen molar-refractivity contribution in [3.63, 3.8) is 0 Å². The maximum atomic E-state index is 11.2. The first-order valence-electron chi connectivity index (χ1n) is 4.68. The minimum atomic E-state index is -3.20. The van der Waals surface area contributed by atoms with Gasteiger partial charge in [-0.25, -0.2) is 13.1 Å². The van der Waals surface area contributed by atoms with Crippen LogP contribution in [0.2, 0.25) is 0 Å². The molecule has 6 heteroatoms. The van der Waals surface area contributed by atoms with Crippen LogP contribution in [0.15, 0.2) is 0 Å². The maximum absolute atomic E-state index is 11.2. The highest BCUT2D eigenvalue weighted by Crippen LogP contribution is 2.36. The number of hydrogen-bond donors (Lipinski definition) is 2. The molecule has 1 fully saturated rings. The van der Waals surface area contributed by atoms with Crippen molar-refractivity contribution in [3.8, 4) is 0 Å². The Balaban J connectivity index is 2.50. The molecule has 0 saturated heterocycles. The third kappa shape index (κ3) is 3.18. The lowest BCUT2D eigenvalue weighted by atomic mass is 9.88. The van der Waals surface area contributed by atoms with E-state index >= 15 is 0 Å². The van der Waals surface area contributed by atoms with E-state index in [0.29, 0.717) is 6.54 Å². The number of alkyl halides is 1. The molecule has 1 saturated carbocycles. The fraction of sp³-hybridized carbons (Fsp3) is 1.00. The summed E-state index contributed by atoms with van der Waals surface area (Å²) in [5.74, 6) is 0.